The molecule has 0 aliphatic heterocycles. The predicted octanol–water partition coefficient (Wildman–Crippen LogP) is 5.42. The Morgan fingerprint density at radius 1 is 1.15 bits per heavy atom. The van der Waals surface area contributed by atoms with Gasteiger partial charge in [0.1, 0.15) is 17.3 Å². The average Bonchev–Trinajstić information content (AvgIpc) is 3.57. The lowest BCUT2D eigenvalue weighted by atomic mass is 10.1. The lowest BCUT2D eigenvalue weighted by Gasteiger charge is -2.31. The van der Waals surface area contributed by atoms with Crippen LogP contribution in [0.15, 0.2) is 58.3 Å². The number of nitrogens with zero attached hydrogens (tertiary/aromatic N) is 1. The van der Waals surface area contributed by atoms with Gasteiger partial charge in [-0.2, -0.15) is 0 Å². The van der Waals surface area contributed by atoms with E-state index in [2.05, 4.69) is 5.32 Å². The number of benzene rings is 1. The van der Waals surface area contributed by atoms with Crippen LogP contribution >= 0.6 is 11.3 Å². The molecule has 0 saturated heterocycles. The Kier molecular flexibility index (Phi) is 7.50. The molecule has 2 amide bonds. The number of furan rings is 1. The minimum absolute atomic E-state index is 0.130. The molecule has 0 radical (unpaired) electrons. The van der Waals surface area contributed by atoms with Gasteiger partial charge >= 0.3 is 0 Å². The van der Waals surface area contributed by atoms with Gasteiger partial charge in [-0.3, -0.25) is 14.5 Å². The standard InChI is InChI=1S/C26H30N2O4S/c1-3-31-21-13-11-20(12-14-21)28(24(29)17-22-9-6-16-33-22)25(23-15-10-18(2)32-23)26(30)27-19-7-4-5-8-19/h6,9-16,19,25H,3-5,7-8,17H2,1-2H3,(H,27,30)/t25-/m1/s1. The van der Waals surface area contributed by atoms with Crippen molar-refractivity contribution in [1.82, 2.24) is 5.32 Å². The molecule has 1 aliphatic carbocycles. The molecule has 1 atom stereocenters. The number of ether oxygens (including phenoxy) is 1. The summed E-state index contributed by atoms with van der Waals surface area (Å²) >= 11 is 1.53. The van der Waals surface area contributed by atoms with Crippen molar-refractivity contribution in [2.75, 3.05) is 11.5 Å². The largest absolute Gasteiger partial charge is 0.494 e. The summed E-state index contributed by atoms with van der Waals surface area (Å²) in [5, 5.41) is 5.12. The minimum atomic E-state index is -0.898. The van der Waals surface area contributed by atoms with Crippen molar-refractivity contribution in [3.63, 3.8) is 0 Å². The smallest absolute Gasteiger partial charge is 0.251 e. The number of carbonyl (C=O) groups excluding carboxylic acids is 2. The lowest BCUT2D eigenvalue weighted by molar-refractivity contribution is -0.127. The number of nitrogens with one attached hydrogen (secondary N) is 1. The van der Waals surface area contributed by atoms with E-state index in [-0.39, 0.29) is 24.3 Å². The molecular weight excluding hydrogens is 436 g/mol. The molecule has 2 aromatic heterocycles. The van der Waals surface area contributed by atoms with Gasteiger partial charge in [-0.25, -0.2) is 0 Å². The molecule has 1 aromatic carbocycles. The zero-order chi connectivity index (χ0) is 23.2. The SMILES string of the molecule is CCOc1ccc(N(C(=O)Cc2cccs2)[C@@H](C(=O)NC2CCCC2)c2ccc(C)o2)cc1. The maximum Gasteiger partial charge on any atom is 0.251 e. The molecule has 1 fully saturated rings. The van der Waals surface area contributed by atoms with Crippen LogP contribution in [0.4, 0.5) is 5.69 Å². The van der Waals surface area contributed by atoms with Gasteiger partial charge in [-0.05, 0) is 74.5 Å². The third kappa shape index (κ3) is 5.66. The van der Waals surface area contributed by atoms with Gasteiger partial charge < -0.3 is 14.5 Å². The monoisotopic (exact) mass is 466 g/mol. The highest BCUT2D eigenvalue weighted by Crippen LogP contribution is 2.32. The van der Waals surface area contributed by atoms with E-state index in [9.17, 15) is 9.59 Å². The van der Waals surface area contributed by atoms with Gasteiger partial charge in [0.05, 0.1) is 13.0 Å². The first kappa shape index (κ1) is 23.1. The molecule has 3 aromatic rings. The van der Waals surface area contributed by atoms with Crippen molar-refractivity contribution in [1.29, 1.82) is 0 Å². The Bertz CT molecular complexity index is 1050. The van der Waals surface area contributed by atoms with Crippen LogP contribution < -0.4 is 15.0 Å². The van der Waals surface area contributed by atoms with Crippen LogP contribution in [0.25, 0.3) is 0 Å². The van der Waals surface area contributed by atoms with Crippen molar-refractivity contribution in [3.8, 4) is 5.75 Å². The van der Waals surface area contributed by atoms with Gasteiger partial charge in [-0.15, -0.1) is 11.3 Å². The molecular formula is C26H30N2O4S. The molecule has 1 saturated carbocycles. The molecule has 6 nitrogen and oxygen atoms in total. The van der Waals surface area contributed by atoms with Gasteiger partial charge in [0.25, 0.3) is 5.91 Å². The van der Waals surface area contributed by atoms with Gasteiger partial charge in [0.2, 0.25) is 5.91 Å². The summed E-state index contributed by atoms with van der Waals surface area (Å²) < 4.78 is 11.5. The molecule has 33 heavy (non-hydrogen) atoms. The summed E-state index contributed by atoms with van der Waals surface area (Å²) in [6.07, 6.45) is 4.34. The third-order valence-electron chi connectivity index (χ3n) is 5.84. The highest BCUT2D eigenvalue weighted by atomic mass is 32.1. The number of anilines is 1. The number of aryl methyl sites for hydroxylation is 1. The fraction of sp³-hybridized carbons (Fsp3) is 0.385. The third-order valence-corrected chi connectivity index (χ3v) is 6.72. The predicted molar refractivity (Wildman–Crippen MR) is 130 cm³/mol. The second kappa shape index (κ2) is 10.7. The van der Waals surface area contributed by atoms with Crippen LogP contribution in [0.3, 0.4) is 0 Å². The molecule has 0 bridgehead atoms. The van der Waals surface area contributed by atoms with E-state index in [1.54, 1.807) is 11.0 Å². The number of thiophene rings is 1. The van der Waals surface area contributed by atoms with E-state index >= 15 is 0 Å². The van der Waals surface area contributed by atoms with E-state index in [1.807, 2.05) is 61.7 Å². The summed E-state index contributed by atoms with van der Waals surface area (Å²) in [6, 6.07) is 14.0. The van der Waals surface area contributed by atoms with E-state index in [1.165, 1.54) is 11.3 Å². The molecule has 1 N–H and O–H groups in total. The Balaban J connectivity index is 1.72. The fourth-order valence-electron chi connectivity index (χ4n) is 4.28. The average molecular weight is 467 g/mol. The van der Waals surface area contributed by atoms with Crippen LogP contribution in [-0.2, 0) is 16.0 Å². The van der Waals surface area contributed by atoms with E-state index < -0.39 is 6.04 Å². The second-order valence-corrected chi connectivity index (χ2v) is 9.32. The Morgan fingerprint density at radius 3 is 2.52 bits per heavy atom. The Morgan fingerprint density at radius 2 is 1.91 bits per heavy atom. The topological polar surface area (TPSA) is 71.8 Å². The van der Waals surface area contributed by atoms with Crippen molar-refractivity contribution < 1.29 is 18.7 Å². The summed E-state index contributed by atoms with van der Waals surface area (Å²) in [6.45, 7) is 4.32. The highest BCUT2D eigenvalue weighted by molar-refractivity contribution is 7.10. The second-order valence-electron chi connectivity index (χ2n) is 8.29. The van der Waals surface area contributed by atoms with E-state index in [0.29, 0.717) is 29.6 Å². The number of hydrogen-bond acceptors (Lipinski definition) is 5. The van der Waals surface area contributed by atoms with Crippen molar-refractivity contribution in [3.05, 3.63) is 70.3 Å². The summed E-state index contributed by atoms with van der Waals surface area (Å²) in [5.74, 6) is 1.48. The van der Waals surface area contributed by atoms with E-state index in [0.717, 1.165) is 30.6 Å². The van der Waals surface area contributed by atoms with Crippen LogP contribution in [0, 0.1) is 6.92 Å². The van der Waals surface area contributed by atoms with Crippen molar-refractivity contribution in [2.24, 2.45) is 0 Å². The molecule has 0 unspecified atom stereocenters. The minimum Gasteiger partial charge on any atom is -0.494 e. The van der Waals surface area contributed by atoms with Crippen LogP contribution in [0.1, 0.15) is 55.0 Å². The quantitative estimate of drug-likeness (QED) is 0.457. The molecule has 174 valence electrons. The van der Waals surface area contributed by atoms with Crippen LogP contribution in [0.2, 0.25) is 0 Å². The van der Waals surface area contributed by atoms with Crippen LogP contribution in [-0.4, -0.2) is 24.5 Å². The fourth-order valence-corrected chi connectivity index (χ4v) is 4.97. The van der Waals surface area contributed by atoms with E-state index in [4.69, 9.17) is 9.15 Å². The first-order valence-electron chi connectivity index (χ1n) is 11.5. The molecule has 7 heteroatoms. The molecule has 1 aliphatic rings. The van der Waals surface area contributed by atoms with Gasteiger partial charge in [-0.1, -0.05) is 18.9 Å². The van der Waals surface area contributed by atoms with Crippen molar-refractivity contribution in [2.45, 2.75) is 58.0 Å². The normalized spacial score (nSPS) is 14.7. The number of amides is 2. The first-order valence-corrected chi connectivity index (χ1v) is 12.4. The zero-order valence-corrected chi connectivity index (χ0v) is 19.9. The maximum atomic E-state index is 13.7. The maximum absolute atomic E-state index is 13.7. The molecule has 2 heterocycles. The molecule has 0 spiro atoms. The molecule has 4 rings (SSSR count). The zero-order valence-electron chi connectivity index (χ0n) is 19.1. The van der Waals surface area contributed by atoms with Gasteiger partial charge in [0, 0.05) is 16.6 Å². The van der Waals surface area contributed by atoms with Crippen molar-refractivity contribution >= 4 is 28.8 Å². The highest BCUT2D eigenvalue weighted by Gasteiger charge is 2.36. The Labute approximate surface area is 198 Å². The first-order chi connectivity index (χ1) is 16.0. The summed E-state index contributed by atoms with van der Waals surface area (Å²) in [4.78, 5) is 29.8. The Hall–Kier alpha value is -3.06. The number of carbonyl (C=O) groups is 2. The van der Waals surface area contributed by atoms with Crippen LogP contribution in [0.5, 0.6) is 5.75 Å². The van der Waals surface area contributed by atoms with Gasteiger partial charge in [0.15, 0.2) is 6.04 Å². The number of hydrogen-bond donors (Lipinski definition) is 1. The summed E-state index contributed by atoms with van der Waals surface area (Å²) in [5.41, 5.74) is 0.626. The summed E-state index contributed by atoms with van der Waals surface area (Å²) in [7, 11) is 0. The lowest BCUT2D eigenvalue weighted by Crippen LogP contribution is -2.46. The number of rotatable bonds is 9.